The predicted molar refractivity (Wildman–Crippen MR) is 149 cm³/mol. The lowest BCUT2D eigenvalue weighted by atomic mass is 10.1. The number of carbonyl (C=O) groups is 3. The molecule has 0 aliphatic rings. The van der Waals surface area contributed by atoms with Gasteiger partial charge in [0.1, 0.15) is 5.75 Å². The summed E-state index contributed by atoms with van der Waals surface area (Å²) < 4.78 is 20.3. The number of nitrogens with one attached hydrogen (secondary N) is 1. The van der Waals surface area contributed by atoms with Gasteiger partial charge in [0.25, 0.3) is 6.26 Å². The van der Waals surface area contributed by atoms with Crippen molar-refractivity contribution in [2.75, 3.05) is 5.32 Å². The highest BCUT2D eigenvalue weighted by atomic mass is 16.9. The van der Waals surface area contributed by atoms with Crippen LogP contribution in [0.15, 0.2) is 64.6 Å². The lowest BCUT2D eigenvalue weighted by Crippen LogP contribution is -2.32. The summed E-state index contributed by atoms with van der Waals surface area (Å²) in [6.07, 6.45) is 2.55. The van der Waals surface area contributed by atoms with Crippen molar-refractivity contribution in [1.82, 2.24) is 0 Å². The molecule has 3 rings (SSSR count). The summed E-state index contributed by atoms with van der Waals surface area (Å²) in [4.78, 5) is 66.6. The Hall–Kier alpha value is -6.08. The van der Waals surface area contributed by atoms with E-state index in [9.17, 15) is 24.0 Å². The van der Waals surface area contributed by atoms with E-state index < -0.39 is 24.5 Å². The molecular weight excluding hydrogens is 560 g/mol. The third-order valence-electron chi connectivity index (χ3n) is 5.82. The highest BCUT2D eigenvalue weighted by molar-refractivity contribution is 5.86. The molecule has 3 aromatic rings. The lowest BCUT2D eigenvalue weighted by molar-refractivity contribution is -0.242. The van der Waals surface area contributed by atoms with Crippen LogP contribution in [-0.2, 0) is 46.2 Å². The number of nitrogens with zero attached hydrogens (tertiary/aromatic N) is 3. The molecule has 218 valence electrons. The maximum absolute atomic E-state index is 12.7. The smallest absolute Gasteiger partial charge is 0.390 e. The summed E-state index contributed by atoms with van der Waals surface area (Å²) in [6, 6.07) is 13.9. The fraction of sp³-hybridized carbons (Fsp3) is 0.200. The average molecular weight is 585 g/mol. The van der Waals surface area contributed by atoms with Crippen LogP contribution in [0.2, 0.25) is 0 Å². The van der Waals surface area contributed by atoms with Crippen molar-refractivity contribution >= 4 is 47.3 Å². The molecule has 0 aliphatic heterocycles. The van der Waals surface area contributed by atoms with Gasteiger partial charge in [0.05, 0.1) is 24.2 Å². The molecule has 1 atom stereocenters. The second-order valence-electron chi connectivity index (χ2n) is 8.97. The van der Waals surface area contributed by atoms with E-state index in [1.165, 1.54) is 36.4 Å². The Morgan fingerprint density at radius 3 is 1.88 bits per heavy atom. The molecule has 0 saturated carbocycles. The molecule has 0 saturated heterocycles. The number of aryl methyl sites for hydroxylation is 3. The van der Waals surface area contributed by atoms with Gasteiger partial charge in [0.2, 0.25) is 12.2 Å². The first-order valence-corrected chi connectivity index (χ1v) is 12.5. The number of hydrogen-bond acceptors (Lipinski definition) is 12. The average Bonchev–Trinajstić information content (AvgIpc) is 2.94. The van der Waals surface area contributed by atoms with Gasteiger partial charge in [0.15, 0.2) is 0 Å². The molecule has 0 spiro atoms. The van der Waals surface area contributed by atoms with Crippen molar-refractivity contribution in [2.45, 2.75) is 40.1 Å². The zero-order chi connectivity index (χ0) is 31.4. The third kappa shape index (κ3) is 9.51. The van der Waals surface area contributed by atoms with Gasteiger partial charge < -0.3 is 18.9 Å². The van der Waals surface area contributed by atoms with Crippen molar-refractivity contribution in [3.8, 4) is 12.0 Å². The minimum Gasteiger partial charge on any atom is -0.390 e. The fourth-order valence-corrected chi connectivity index (χ4v) is 3.64. The maximum Gasteiger partial charge on any atom is 0.417 e. The maximum atomic E-state index is 12.7. The Bertz CT molecular complexity index is 1600. The summed E-state index contributed by atoms with van der Waals surface area (Å²) in [5.74, 6) is -1.64. The third-order valence-corrected chi connectivity index (χ3v) is 5.82. The first kappa shape index (κ1) is 31.4. The van der Waals surface area contributed by atoms with Crippen LogP contribution in [0.1, 0.15) is 27.8 Å². The molecule has 0 fully saturated rings. The Kier molecular flexibility index (Phi) is 11.0. The summed E-state index contributed by atoms with van der Waals surface area (Å²) in [7, 11) is 0. The van der Waals surface area contributed by atoms with E-state index in [1.54, 1.807) is 57.4 Å². The molecule has 43 heavy (non-hydrogen) atoms. The number of rotatable bonds is 11. The number of amides is 1. The van der Waals surface area contributed by atoms with Crippen LogP contribution >= 0.6 is 0 Å². The molecule has 0 bridgehead atoms. The number of ether oxygens (including phenoxy) is 4. The number of hydrogen-bond donors (Lipinski definition) is 1. The van der Waals surface area contributed by atoms with E-state index in [1.807, 2.05) is 0 Å². The van der Waals surface area contributed by atoms with E-state index in [0.29, 0.717) is 33.5 Å². The van der Waals surface area contributed by atoms with Crippen LogP contribution in [0.25, 0.3) is 0 Å². The largest absolute Gasteiger partial charge is 0.417 e. The van der Waals surface area contributed by atoms with Gasteiger partial charge >= 0.3 is 24.5 Å². The second kappa shape index (κ2) is 15.1. The van der Waals surface area contributed by atoms with E-state index in [0.717, 1.165) is 0 Å². The van der Waals surface area contributed by atoms with Gasteiger partial charge in [0, 0.05) is 5.69 Å². The minimum absolute atomic E-state index is 0.175. The lowest BCUT2D eigenvalue weighted by Gasteiger charge is -2.19. The van der Waals surface area contributed by atoms with Crippen LogP contribution in [0.4, 0.5) is 21.9 Å². The zero-order valence-electron chi connectivity index (χ0n) is 23.2. The number of anilines is 1. The number of esters is 2. The number of carbonyl (C=O) groups excluding carboxylic acids is 5. The first-order valence-electron chi connectivity index (χ1n) is 12.5. The first-order chi connectivity index (χ1) is 20.6. The number of nitriles is 1. The molecule has 1 amide bonds. The van der Waals surface area contributed by atoms with Crippen molar-refractivity contribution in [3.05, 3.63) is 82.4 Å². The van der Waals surface area contributed by atoms with E-state index >= 15 is 0 Å². The van der Waals surface area contributed by atoms with E-state index in [-0.39, 0.29) is 30.0 Å². The highest BCUT2D eigenvalue weighted by Crippen LogP contribution is 2.24. The zero-order valence-corrected chi connectivity index (χ0v) is 23.2. The second-order valence-corrected chi connectivity index (χ2v) is 8.97. The number of benzene rings is 3. The van der Waals surface area contributed by atoms with Crippen LogP contribution in [0, 0.1) is 32.3 Å². The van der Waals surface area contributed by atoms with Crippen molar-refractivity contribution < 1.29 is 42.9 Å². The number of aliphatic imine (C=N–C) groups is 2. The van der Waals surface area contributed by atoms with Crippen LogP contribution in [0.3, 0.4) is 0 Å². The molecule has 13 nitrogen and oxygen atoms in total. The molecule has 1 unspecified atom stereocenters. The van der Waals surface area contributed by atoms with Gasteiger partial charge in [-0.25, -0.2) is 14.4 Å². The van der Waals surface area contributed by atoms with Gasteiger partial charge in [-0.15, -0.1) is 5.26 Å². The Morgan fingerprint density at radius 1 is 0.767 bits per heavy atom. The van der Waals surface area contributed by atoms with Gasteiger partial charge in [-0.3, -0.25) is 14.9 Å². The summed E-state index contributed by atoms with van der Waals surface area (Å²) >= 11 is 0. The topological polar surface area (TPSA) is 183 Å². The van der Waals surface area contributed by atoms with Crippen LogP contribution < -0.4 is 10.1 Å². The van der Waals surface area contributed by atoms with Crippen molar-refractivity contribution in [1.29, 1.82) is 5.26 Å². The quantitative estimate of drug-likeness (QED) is 0.108. The SMILES string of the molecule is Cc1ccc(CC(=O)OC(OC(=O)Cc2ccc(C)c(OC#N)c2)OC(=O)Nc2ccc(C)c(N=C=O)c2)cc1N=C=O. The molecule has 1 N–H and O–H groups in total. The Morgan fingerprint density at radius 2 is 1.30 bits per heavy atom. The Balaban J connectivity index is 1.77. The summed E-state index contributed by atoms with van der Waals surface area (Å²) in [5, 5.41) is 11.2. The molecule has 3 aromatic carbocycles. The fourth-order valence-electron chi connectivity index (χ4n) is 3.64. The van der Waals surface area contributed by atoms with Crippen LogP contribution in [-0.4, -0.2) is 36.7 Å². The van der Waals surface area contributed by atoms with Gasteiger partial charge in [-0.05, 0) is 72.9 Å². The Labute approximate surface area is 245 Å². The molecule has 0 radical (unpaired) electrons. The van der Waals surface area contributed by atoms with Gasteiger partial charge in [-0.1, -0.05) is 30.3 Å². The predicted octanol–water partition coefficient (Wildman–Crippen LogP) is 4.81. The van der Waals surface area contributed by atoms with Crippen LogP contribution in [0.5, 0.6) is 5.75 Å². The summed E-state index contributed by atoms with van der Waals surface area (Å²) in [5.41, 5.74) is 3.50. The normalized spacial score (nSPS) is 10.6. The minimum atomic E-state index is -2.10. The molecule has 0 heterocycles. The van der Waals surface area contributed by atoms with Crippen molar-refractivity contribution in [2.24, 2.45) is 9.98 Å². The summed E-state index contributed by atoms with van der Waals surface area (Å²) in [6.45, 7) is 3.02. The van der Waals surface area contributed by atoms with Crippen molar-refractivity contribution in [3.63, 3.8) is 0 Å². The molecule has 13 heteroatoms. The standard InChI is InChI=1S/C30H24N4O9/c1-18-4-7-21(10-24(18)32-16-35)12-27(37)41-30(42-28(38)13-22-8-5-20(3)26(11-22)40-15-31)43-29(39)34-23-9-6-19(2)25(14-23)33-17-36/h4-11,14,30H,12-13H2,1-3H3,(H,34,39). The number of isocyanates is 2. The van der Waals surface area contributed by atoms with Gasteiger partial charge in [-0.2, -0.15) is 9.98 Å². The monoisotopic (exact) mass is 584 g/mol. The highest BCUT2D eigenvalue weighted by Gasteiger charge is 2.25. The molecular formula is C30H24N4O9. The van der Waals surface area contributed by atoms with E-state index in [2.05, 4.69) is 15.3 Å². The molecule has 0 aliphatic carbocycles. The molecule has 0 aromatic heterocycles. The van der Waals surface area contributed by atoms with E-state index in [4.69, 9.17) is 24.2 Å².